The molecule has 1 aromatic heterocycles. The van der Waals surface area contributed by atoms with E-state index >= 15 is 0 Å². The van der Waals surface area contributed by atoms with Crippen LogP contribution in [0.1, 0.15) is 17.5 Å². The van der Waals surface area contributed by atoms with Crippen LogP contribution in [0.5, 0.6) is 0 Å². The molecule has 30 heavy (non-hydrogen) atoms. The summed E-state index contributed by atoms with van der Waals surface area (Å²) in [6.45, 7) is -1.21. The number of alkyl halides is 2. The Hall–Kier alpha value is -2.64. The number of hydrogen-bond donors (Lipinski definition) is 2. The lowest BCUT2D eigenvalue weighted by Crippen LogP contribution is -2.14. The van der Waals surface area contributed by atoms with Gasteiger partial charge in [-0.25, -0.2) is 0 Å². The fraction of sp³-hybridized carbons (Fsp3) is 0.304. The van der Waals surface area contributed by atoms with Crippen LogP contribution < -0.4 is 11.5 Å². The van der Waals surface area contributed by atoms with Crippen molar-refractivity contribution in [3.63, 3.8) is 0 Å². The minimum atomic E-state index is -0.729. The molecule has 3 aromatic rings. The topological polar surface area (TPSA) is 74.0 Å². The van der Waals surface area contributed by atoms with Crippen LogP contribution in [0.15, 0.2) is 48.7 Å². The van der Waals surface area contributed by atoms with Crippen molar-refractivity contribution in [2.24, 2.45) is 17.4 Å². The molecule has 0 unspecified atom stereocenters. The highest BCUT2D eigenvalue weighted by atomic mass is 32.1. The molecule has 4 N–H and O–H groups in total. The average Bonchev–Trinajstić information content (AvgIpc) is 3.13. The number of aromatic nitrogens is 1. The molecule has 2 aromatic carbocycles. The van der Waals surface area contributed by atoms with Crippen molar-refractivity contribution in [3.05, 3.63) is 59.8 Å². The maximum atomic E-state index is 13.2. The number of thiocarbonyl (C=S) groups is 1. The quantitative estimate of drug-likeness (QED) is 0.479. The van der Waals surface area contributed by atoms with E-state index in [1.54, 1.807) is 0 Å². The third-order valence-electron chi connectivity index (χ3n) is 5.22. The number of Topliss-reactive ketones (excluding diaryl/α,β-unsaturated/α-hetero) is 1. The van der Waals surface area contributed by atoms with Gasteiger partial charge in [0.25, 0.3) is 0 Å². The van der Waals surface area contributed by atoms with Crippen molar-refractivity contribution in [2.75, 3.05) is 19.9 Å². The van der Waals surface area contributed by atoms with E-state index in [0.717, 1.165) is 33.2 Å². The van der Waals surface area contributed by atoms with E-state index in [0.29, 0.717) is 17.8 Å². The Labute approximate surface area is 179 Å². The molecule has 0 spiro atoms. The summed E-state index contributed by atoms with van der Waals surface area (Å²) in [6.07, 6.45) is 2.85. The first kappa shape index (κ1) is 22.1. The molecule has 0 atom stereocenters. The summed E-state index contributed by atoms with van der Waals surface area (Å²) in [5, 5.41) is 0.959. The minimum absolute atomic E-state index is 0.00402. The molecule has 0 aliphatic heterocycles. The molecule has 0 saturated carbocycles. The zero-order valence-corrected chi connectivity index (χ0v) is 17.4. The molecule has 4 nitrogen and oxygen atoms in total. The van der Waals surface area contributed by atoms with E-state index < -0.39 is 19.3 Å². The van der Waals surface area contributed by atoms with Gasteiger partial charge in [0.05, 0.1) is 19.9 Å². The zero-order chi connectivity index (χ0) is 21.7. The summed E-state index contributed by atoms with van der Waals surface area (Å²) >= 11 is 5.09. The van der Waals surface area contributed by atoms with Gasteiger partial charge < -0.3 is 16.0 Å². The Bertz CT molecular complexity index is 1060. The van der Waals surface area contributed by atoms with Gasteiger partial charge in [-0.2, -0.15) is 0 Å². The highest BCUT2D eigenvalue weighted by Crippen LogP contribution is 2.33. The van der Waals surface area contributed by atoms with Crippen LogP contribution in [-0.4, -0.2) is 35.2 Å². The van der Waals surface area contributed by atoms with Crippen LogP contribution >= 0.6 is 12.2 Å². The highest BCUT2D eigenvalue weighted by molar-refractivity contribution is 7.80. The first-order valence-electron chi connectivity index (χ1n) is 9.82. The van der Waals surface area contributed by atoms with Crippen LogP contribution in [0.3, 0.4) is 0 Å². The van der Waals surface area contributed by atoms with Crippen molar-refractivity contribution in [1.82, 2.24) is 4.57 Å². The molecule has 0 bridgehead atoms. The number of nitrogens with two attached hydrogens (primary N) is 2. The molecule has 0 aliphatic rings. The normalized spacial score (nSPS) is 11.3. The summed E-state index contributed by atoms with van der Waals surface area (Å²) in [5.74, 6) is -0.713. The lowest BCUT2D eigenvalue weighted by Gasteiger charge is -2.12. The van der Waals surface area contributed by atoms with Crippen molar-refractivity contribution in [1.29, 1.82) is 0 Å². The molecule has 0 radical (unpaired) electrons. The Balaban J connectivity index is 2.08. The lowest BCUT2D eigenvalue weighted by atomic mass is 10.0. The molecule has 0 amide bonds. The predicted molar refractivity (Wildman–Crippen MR) is 121 cm³/mol. The van der Waals surface area contributed by atoms with E-state index in [-0.39, 0.29) is 18.9 Å². The first-order chi connectivity index (χ1) is 14.5. The molecule has 0 aliphatic carbocycles. The summed E-state index contributed by atoms with van der Waals surface area (Å²) in [6, 6.07) is 13.5. The Morgan fingerprint density at radius 1 is 1.13 bits per heavy atom. The van der Waals surface area contributed by atoms with Gasteiger partial charge in [-0.1, -0.05) is 42.5 Å². The van der Waals surface area contributed by atoms with Crippen LogP contribution in [-0.2, 0) is 17.8 Å². The molecule has 0 saturated heterocycles. The van der Waals surface area contributed by atoms with E-state index in [1.807, 2.05) is 53.2 Å². The maximum absolute atomic E-state index is 13.2. The summed E-state index contributed by atoms with van der Waals surface area (Å²) in [5.41, 5.74) is 15.6. The van der Waals surface area contributed by atoms with E-state index in [4.69, 9.17) is 23.7 Å². The molecule has 3 rings (SSSR count). The van der Waals surface area contributed by atoms with Gasteiger partial charge in [-0.05, 0) is 29.7 Å². The van der Waals surface area contributed by atoms with E-state index in [1.165, 1.54) is 0 Å². The number of benzene rings is 2. The Morgan fingerprint density at radius 2 is 1.90 bits per heavy atom. The summed E-state index contributed by atoms with van der Waals surface area (Å²) in [7, 11) is 0. The standard InChI is InChI=1S/C23H25F2N3OS/c24-10-16(11-25)13-28-14-21(17-2-1-3-18(9-17)23(27)30)20-7-5-15(8-22(20)28)4-6-19(29)12-26/h1-3,5,7-9,14,16H,4,6,10-13,26H2,(H2,27,30). The molecule has 1 heterocycles. The number of carbonyl (C=O) groups excluding carboxylic acids is 1. The number of carbonyl (C=O) groups is 1. The van der Waals surface area contributed by atoms with Crippen molar-refractivity contribution >= 4 is 33.9 Å². The van der Waals surface area contributed by atoms with Crippen molar-refractivity contribution < 1.29 is 13.6 Å². The molecular weight excluding hydrogens is 404 g/mol. The average molecular weight is 430 g/mol. The number of hydrogen-bond acceptors (Lipinski definition) is 3. The number of nitrogens with zero attached hydrogens (tertiary/aromatic N) is 1. The van der Waals surface area contributed by atoms with Crippen LogP contribution in [0, 0.1) is 5.92 Å². The second-order valence-corrected chi connectivity index (χ2v) is 7.85. The van der Waals surface area contributed by atoms with Crippen molar-refractivity contribution in [3.8, 4) is 11.1 Å². The Morgan fingerprint density at radius 3 is 2.57 bits per heavy atom. The molecule has 7 heteroatoms. The van der Waals surface area contributed by atoms with Gasteiger partial charge >= 0.3 is 0 Å². The number of ketones is 1. The smallest absolute Gasteiger partial charge is 0.146 e. The minimum Gasteiger partial charge on any atom is -0.389 e. The molecule has 158 valence electrons. The van der Waals surface area contributed by atoms with E-state index in [9.17, 15) is 13.6 Å². The van der Waals surface area contributed by atoms with Crippen LogP contribution in [0.2, 0.25) is 0 Å². The van der Waals surface area contributed by atoms with Crippen LogP contribution in [0.25, 0.3) is 22.0 Å². The number of fused-ring (bicyclic) bond motifs is 1. The van der Waals surface area contributed by atoms with Gasteiger partial charge in [0, 0.05) is 47.1 Å². The van der Waals surface area contributed by atoms with Crippen molar-refractivity contribution in [2.45, 2.75) is 19.4 Å². The third kappa shape index (κ3) is 4.91. The largest absolute Gasteiger partial charge is 0.389 e. The SMILES string of the molecule is NCC(=O)CCc1ccc2c(-c3cccc(C(N)=S)c3)cn(CC(CF)CF)c2c1. The first-order valence-corrected chi connectivity index (χ1v) is 10.2. The summed E-state index contributed by atoms with van der Waals surface area (Å²) in [4.78, 5) is 11.9. The van der Waals surface area contributed by atoms with Gasteiger partial charge in [0.2, 0.25) is 0 Å². The fourth-order valence-electron chi connectivity index (χ4n) is 3.52. The van der Waals surface area contributed by atoms with Gasteiger partial charge in [-0.15, -0.1) is 0 Å². The van der Waals surface area contributed by atoms with Gasteiger partial charge in [-0.3, -0.25) is 13.6 Å². The van der Waals surface area contributed by atoms with Gasteiger partial charge in [0.1, 0.15) is 10.8 Å². The third-order valence-corrected chi connectivity index (χ3v) is 5.45. The summed E-state index contributed by atoms with van der Waals surface area (Å²) < 4.78 is 28.3. The lowest BCUT2D eigenvalue weighted by molar-refractivity contribution is -0.117. The highest BCUT2D eigenvalue weighted by Gasteiger charge is 2.16. The number of aryl methyl sites for hydroxylation is 1. The zero-order valence-electron chi connectivity index (χ0n) is 16.6. The predicted octanol–water partition coefficient (Wildman–Crippen LogP) is 3.96. The van der Waals surface area contributed by atoms with Crippen LogP contribution in [0.4, 0.5) is 8.78 Å². The van der Waals surface area contributed by atoms with E-state index in [2.05, 4.69) is 0 Å². The second-order valence-electron chi connectivity index (χ2n) is 7.41. The number of rotatable bonds is 10. The fourth-order valence-corrected chi connectivity index (χ4v) is 3.64. The molecule has 0 fully saturated rings. The maximum Gasteiger partial charge on any atom is 0.146 e. The molecular formula is C23H25F2N3OS. The van der Waals surface area contributed by atoms with Gasteiger partial charge in [0.15, 0.2) is 0 Å². The Kier molecular flexibility index (Phi) is 7.29. The monoisotopic (exact) mass is 429 g/mol. The number of halogens is 2. The second kappa shape index (κ2) is 9.91.